The number of nitrogens with one attached hydrogen (secondary N) is 1. The lowest BCUT2D eigenvalue weighted by molar-refractivity contribution is 0.0938. The maximum absolute atomic E-state index is 12.9. The van der Waals surface area contributed by atoms with Crippen molar-refractivity contribution in [1.82, 2.24) is 5.32 Å². The van der Waals surface area contributed by atoms with Crippen LogP contribution in [-0.2, 0) is 10.0 Å². The number of rotatable bonds is 7. The van der Waals surface area contributed by atoms with Crippen molar-refractivity contribution < 1.29 is 13.2 Å². The SMILES string of the molecule is CCC[C@H](C)NC(=O)c1cccc(S(=O)(=O)N(C)c2ccc(C)cc2)c1. The number of nitrogens with zero attached hydrogens (tertiary/aromatic N) is 1. The molecule has 0 aromatic heterocycles. The van der Waals surface area contributed by atoms with Gasteiger partial charge in [0.2, 0.25) is 0 Å². The summed E-state index contributed by atoms with van der Waals surface area (Å²) in [6, 6.07) is 13.4. The third-order valence-electron chi connectivity index (χ3n) is 4.25. The zero-order valence-corrected chi connectivity index (χ0v) is 16.5. The Morgan fingerprint density at radius 2 is 1.81 bits per heavy atom. The summed E-state index contributed by atoms with van der Waals surface area (Å²) in [5, 5.41) is 2.90. The summed E-state index contributed by atoms with van der Waals surface area (Å²) in [6.45, 7) is 5.93. The number of hydrogen-bond donors (Lipinski definition) is 1. The number of aryl methyl sites for hydroxylation is 1. The van der Waals surface area contributed by atoms with Crippen molar-refractivity contribution in [2.75, 3.05) is 11.4 Å². The predicted octanol–water partition coefficient (Wildman–Crippen LogP) is 3.74. The van der Waals surface area contributed by atoms with Crippen LogP contribution < -0.4 is 9.62 Å². The van der Waals surface area contributed by atoms with Gasteiger partial charge in [0.25, 0.3) is 15.9 Å². The second-order valence-corrected chi connectivity index (χ2v) is 8.47. The Bertz CT molecular complexity index is 861. The molecule has 2 aromatic carbocycles. The van der Waals surface area contributed by atoms with Crippen LogP contribution in [0.2, 0.25) is 0 Å². The highest BCUT2D eigenvalue weighted by molar-refractivity contribution is 7.92. The summed E-state index contributed by atoms with van der Waals surface area (Å²) in [7, 11) is -2.24. The van der Waals surface area contributed by atoms with Gasteiger partial charge in [0.05, 0.1) is 10.6 Å². The van der Waals surface area contributed by atoms with E-state index in [1.54, 1.807) is 24.3 Å². The Morgan fingerprint density at radius 3 is 2.42 bits per heavy atom. The first kappa shape index (κ1) is 20.0. The molecular weight excluding hydrogens is 348 g/mol. The summed E-state index contributed by atoms with van der Waals surface area (Å²) in [5.41, 5.74) is 1.97. The fourth-order valence-electron chi connectivity index (χ4n) is 2.66. The van der Waals surface area contributed by atoms with E-state index < -0.39 is 10.0 Å². The Labute approximate surface area is 156 Å². The topological polar surface area (TPSA) is 66.5 Å². The highest BCUT2D eigenvalue weighted by Gasteiger charge is 2.22. The van der Waals surface area contributed by atoms with E-state index in [4.69, 9.17) is 0 Å². The Hall–Kier alpha value is -2.34. The van der Waals surface area contributed by atoms with E-state index in [0.29, 0.717) is 11.3 Å². The normalized spacial score (nSPS) is 12.5. The van der Waals surface area contributed by atoms with Gasteiger partial charge in [0.1, 0.15) is 0 Å². The first-order chi connectivity index (χ1) is 12.3. The molecule has 0 radical (unpaired) electrons. The lowest BCUT2D eigenvalue weighted by atomic mass is 10.1. The number of sulfonamides is 1. The van der Waals surface area contributed by atoms with E-state index in [2.05, 4.69) is 12.2 Å². The first-order valence-electron chi connectivity index (χ1n) is 8.72. The van der Waals surface area contributed by atoms with Crippen LogP contribution in [0.4, 0.5) is 5.69 Å². The molecule has 2 aromatic rings. The number of carbonyl (C=O) groups is 1. The van der Waals surface area contributed by atoms with E-state index in [0.717, 1.165) is 18.4 Å². The van der Waals surface area contributed by atoms with Gasteiger partial charge in [-0.2, -0.15) is 0 Å². The molecule has 0 aliphatic carbocycles. The van der Waals surface area contributed by atoms with E-state index in [9.17, 15) is 13.2 Å². The zero-order chi connectivity index (χ0) is 19.3. The van der Waals surface area contributed by atoms with Crippen LogP contribution in [0.15, 0.2) is 53.4 Å². The fourth-order valence-corrected chi connectivity index (χ4v) is 3.90. The molecule has 0 unspecified atom stereocenters. The van der Waals surface area contributed by atoms with Crippen molar-refractivity contribution in [2.24, 2.45) is 0 Å². The Morgan fingerprint density at radius 1 is 1.15 bits per heavy atom. The fraction of sp³-hybridized carbons (Fsp3) is 0.350. The van der Waals surface area contributed by atoms with Crippen LogP contribution in [0, 0.1) is 6.92 Å². The van der Waals surface area contributed by atoms with E-state index in [-0.39, 0.29) is 16.8 Å². The van der Waals surface area contributed by atoms with Gasteiger partial charge in [-0.15, -0.1) is 0 Å². The van der Waals surface area contributed by atoms with Gasteiger partial charge in [0, 0.05) is 18.7 Å². The minimum atomic E-state index is -3.75. The molecule has 0 saturated carbocycles. The van der Waals surface area contributed by atoms with Crippen molar-refractivity contribution in [3.8, 4) is 0 Å². The molecule has 0 saturated heterocycles. The van der Waals surface area contributed by atoms with Gasteiger partial charge in [-0.3, -0.25) is 9.10 Å². The smallest absolute Gasteiger partial charge is 0.264 e. The Balaban J connectivity index is 2.27. The minimum absolute atomic E-state index is 0.0444. The van der Waals surface area contributed by atoms with Crippen LogP contribution in [-0.4, -0.2) is 27.4 Å². The molecule has 0 bridgehead atoms. The molecule has 0 aliphatic rings. The van der Waals surface area contributed by atoms with Crippen LogP contribution in [0.3, 0.4) is 0 Å². The molecule has 0 fully saturated rings. The molecule has 1 amide bonds. The number of amides is 1. The van der Waals surface area contributed by atoms with Crippen LogP contribution in [0.25, 0.3) is 0 Å². The lowest BCUT2D eigenvalue weighted by Gasteiger charge is -2.20. The average molecular weight is 375 g/mol. The number of benzene rings is 2. The molecular formula is C20H26N2O3S. The molecule has 0 heterocycles. The van der Waals surface area contributed by atoms with Gasteiger partial charge in [-0.1, -0.05) is 37.1 Å². The van der Waals surface area contributed by atoms with Crippen molar-refractivity contribution in [2.45, 2.75) is 44.6 Å². The van der Waals surface area contributed by atoms with E-state index in [1.165, 1.54) is 23.5 Å². The van der Waals surface area contributed by atoms with Gasteiger partial charge in [-0.25, -0.2) is 8.42 Å². The predicted molar refractivity (Wildman–Crippen MR) is 105 cm³/mol. The second-order valence-electron chi connectivity index (χ2n) is 6.50. The number of carbonyl (C=O) groups excluding carboxylic acids is 1. The van der Waals surface area contributed by atoms with Gasteiger partial charge in [0.15, 0.2) is 0 Å². The largest absolute Gasteiger partial charge is 0.350 e. The molecule has 2 rings (SSSR count). The zero-order valence-electron chi connectivity index (χ0n) is 15.7. The van der Waals surface area contributed by atoms with E-state index >= 15 is 0 Å². The van der Waals surface area contributed by atoms with Crippen molar-refractivity contribution >= 4 is 21.6 Å². The maximum atomic E-state index is 12.9. The van der Waals surface area contributed by atoms with Gasteiger partial charge in [-0.05, 0) is 50.6 Å². The molecule has 5 nitrogen and oxygen atoms in total. The molecule has 6 heteroatoms. The maximum Gasteiger partial charge on any atom is 0.264 e. The van der Waals surface area contributed by atoms with Crippen LogP contribution >= 0.6 is 0 Å². The quantitative estimate of drug-likeness (QED) is 0.803. The second kappa shape index (κ2) is 8.36. The van der Waals surface area contributed by atoms with Crippen molar-refractivity contribution in [3.63, 3.8) is 0 Å². The molecule has 140 valence electrons. The third kappa shape index (κ3) is 4.64. The monoisotopic (exact) mass is 374 g/mol. The standard InChI is InChI=1S/C20H26N2O3S/c1-5-7-16(3)21-20(23)17-8-6-9-19(14-17)26(24,25)22(4)18-12-10-15(2)11-13-18/h6,8-14,16H,5,7H2,1-4H3,(H,21,23)/t16-/m0/s1. The molecule has 1 N–H and O–H groups in total. The number of hydrogen-bond acceptors (Lipinski definition) is 3. The highest BCUT2D eigenvalue weighted by atomic mass is 32.2. The summed E-state index contributed by atoms with van der Waals surface area (Å²) in [6.07, 6.45) is 1.84. The van der Waals surface area contributed by atoms with Crippen LogP contribution in [0.5, 0.6) is 0 Å². The summed E-state index contributed by atoms with van der Waals surface area (Å²) in [5.74, 6) is -0.263. The molecule has 0 aliphatic heterocycles. The summed E-state index contributed by atoms with van der Waals surface area (Å²) >= 11 is 0. The van der Waals surface area contributed by atoms with Crippen molar-refractivity contribution in [3.05, 3.63) is 59.7 Å². The highest BCUT2D eigenvalue weighted by Crippen LogP contribution is 2.23. The number of anilines is 1. The lowest BCUT2D eigenvalue weighted by Crippen LogP contribution is -2.32. The Kier molecular flexibility index (Phi) is 6.42. The van der Waals surface area contributed by atoms with Gasteiger partial charge >= 0.3 is 0 Å². The summed E-state index contributed by atoms with van der Waals surface area (Å²) in [4.78, 5) is 12.5. The van der Waals surface area contributed by atoms with Gasteiger partial charge < -0.3 is 5.32 Å². The first-order valence-corrected chi connectivity index (χ1v) is 10.2. The summed E-state index contributed by atoms with van der Waals surface area (Å²) < 4.78 is 27.0. The average Bonchev–Trinajstić information content (AvgIpc) is 2.62. The molecule has 0 spiro atoms. The molecule has 1 atom stereocenters. The van der Waals surface area contributed by atoms with Crippen LogP contribution in [0.1, 0.15) is 42.6 Å². The minimum Gasteiger partial charge on any atom is -0.350 e. The van der Waals surface area contributed by atoms with E-state index in [1.807, 2.05) is 26.0 Å². The molecule has 26 heavy (non-hydrogen) atoms. The van der Waals surface area contributed by atoms with Crippen molar-refractivity contribution in [1.29, 1.82) is 0 Å². The third-order valence-corrected chi connectivity index (χ3v) is 6.03.